The lowest BCUT2D eigenvalue weighted by Gasteiger charge is -2.23. The number of nitrogens with two attached hydrogens (primary N) is 1. The number of hydrogen-bond donors (Lipinski definition) is 1. The first-order valence-corrected chi connectivity index (χ1v) is 6.54. The molecule has 3 rings (SSSR count). The Balaban J connectivity index is 1.89. The van der Waals surface area contributed by atoms with Crippen molar-refractivity contribution < 1.29 is 0 Å². The van der Waals surface area contributed by atoms with E-state index in [4.69, 9.17) is 5.73 Å². The molecule has 2 saturated carbocycles. The average molecular weight is 220 g/mol. The molecular weight excluding hydrogens is 200 g/mol. The largest absolute Gasteiger partial charge is 0.325 e. The Morgan fingerprint density at radius 2 is 1.88 bits per heavy atom. The van der Waals surface area contributed by atoms with Gasteiger partial charge in [-0.25, -0.2) is 4.68 Å². The monoisotopic (exact) mass is 220 g/mol. The Kier molecular flexibility index (Phi) is 2.67. The van der Waals surface area contributed by atoms with Crippen molar-refractivity contribution in [2.75, 3.05) is 0 Å². The highest BCUT2D eigenvalue weighted by atomic mass is 15.4. The van der Waals surface area contributed by atoms with E-state index in [0.29, 0.717) is 18.5 Å². The summed E-state index contributed by atoms with van der Waals surface area (Å²) in [5.41, 5.74) is 8.13. The molecule has 0 atom stereocenters. The second-order valence-corrected chi connectivity index (χ2v) is 5.14. The number of hydrogen-bond acceptors (Lipinski definition) is 3. The van der Waals surface area contributed by atoms with E-state index < -0.39 is 0 Å². The average Bonchev–Trinajstić information content (AvgIpc) is 3.09. The van der Waals surface area contributed by atoms with Gasteiger partial charge in [-0.15, -0.1) is 5.10 Å². The maximum Gasteiger partial charge on any atom is 0.0997 e. The smallest absolute Gasteiger partial charge is 0.0997 e. The maximum atomic E-state index is 5.74. The fourth-order valence-corrected chi connectivity index (χ4v) is 2.85. The molecule has 88 valence electrons. The van der Waals surface area contributed by atoms with E-state index in [0.717, 1.165) is 5.69 Å². The topological polar surface area (TPSA) is 56.7 Å². The van der Waals surface area contributed by atoms with Gasteiger partial charge in [-0.1, -0.05) is 24.5 Å². The molecule has 0 unspecified atom stereocenters. The van der Waals surface area contributed by atoms with Crippen molar-refractivity contribution in [2.24, 2.45) is 5.73 Å². The minimum Gasteiger partial charge on any atom is -0.325 e. The van der Waals surface area contributed by atoms with Crippen molar-refractivity contribution in [1.82, 2.24) is 15.0 Å². The fraction of sp³-hybridized carbons (Fsp3) is 0.833. The summed E-state index contributed by atoms with van der Waals surface area (Å²) >= 11 is 0. The molecule has 0 aliphatic heterocycles. The van der Waals surface area contributed by atoms with Crippen LogP contribution in [0.5, 0.6) is 0 Å². The van der Waals surface area contributed by atoms with Crippen LogP contribution in [-0.2, 0) is 6.54 Å². The van der Waals surface area contributed by atoms with Crippen LogP contribution in [-0.4, -0.2) is 15.0 Å². The van der Waals surface area contributed by atoms with Gasteiger partial charge in [0, 0.05) is 12.5 Å². The van der Waals surface area contributed by atoms with Crippen molar-refractivity contribution in [3.8, 4) is 0 Å². The molecule has 1 heterocycles. The Morgan fingerprint density at radius 3 is 2.50 bits per heavy atom. The van der Waals surface area contributed by atoms with Gasteiger partial charge in [-0.2, -0.15) is 0 Å². The van der Waals surface area contributed by atoms with Gasteiger partial charge in [-0.3, -0.25) is 0 Å². The van der Waals surface area contributed by atoms with Gasteiger partial charge in [0.1, 0.15) is 0 Å². The summed E-state index contributed by atoms with van der Waals surface area (Å²) in [5, 5.41) is 8.62. The summed E-state index contributed by atoms with van der Waals surface area (Å²) < 4.78 is 2.21. The van der Waals surface area contributed by atoms with Crippen LogP contribution in [0, 0.1) is 0 Å². The SMILES string of the molecule is NCc1nnn(C2CCCCC2)c1C1CC1. The Morgan fingerprint density at radius 1 is 1.12 bits per heavy atom. The van der Waals surface area contributed by atoms with E-state index in [1.54, 1.807) is 0 Å². The summed E-state index contributed by atoms with van der Waals surface area (Å²) in [6.45, 7) is 0.540. The molecule has 2 aliphatic rings. The fourth-order valence-electron chi connectivity index (χ4n) is 2.85. The van der Waals surface area contributed by atoms with Crippen molar-refractivity contribution in [3.05, 3.63) is 11.4 Å². The van der Waals surface area contributed by atoms with Crippen molar-refractivity contribution in [2.45, 2.75) is 63.5 Å². The molecule has 2 aliphatic carbocycles. The lowest BCUT2D eigenvalue weighted by Crippen LogP contribution is -2.17. The molecule has 4 heteroatoms. The van der Waals surface area contributed by atoms with Gasteiger partial charge in [0.15, 0.2) is 0 Å². The molecule has 0 bridgehead atoms. The van der Waals surface area contributed by atoms with E-state index in [1.807, 2.05) is 0 Å². The third-order valence-electron chi connectivity index (χ3n) is 3.88. The van der Waals surface area contributed by atoms with Crippen LogP contribution in [0.1, 0.15) is 68.3 Å². The molecule has 16 heavy (non-hydrogen) atoms. The summed E-state index contributed by atoms with van der Waals surface area (Å²) in [4.78, 5) is 0. The van der Waals surface area contributed by atoms with Crippen LogP contribution >= 0.6 is 0 Å². The molecule has 2 fully saturated rings. The third-order valence-corrected chi connectivity index (χ3v) is 3.88. The molecule has 4 nitrogen and oxygen atoms in total. The van der Waals surface area contributed by atoms with E-state index in [1.165, 1.54) is 50.6 Å². The van der Waals surface area contributed by atoms with E-state index in [-0.39, 0.29) is 0 Å². The normalized spacial score (nSPS) is 22.6. The molecule has 0 spiro atoms. The third kappa shape index (κ3) is 1.75. The summed E-state index contributed by atoms with van der Waals surface area (Å²) in [6, 6.07) is 0.595. The minimum absolute atomic E-state index is 0.540. The van der Waals surface area contributed by atoms with E-state index in [2.05, 4.69) is 15.0 Å². The first kappa shape index (κ1) is 10.3. The second kappa shape index (κ2) is 4.17. The Hall–Kier alpha value is -0.900. The van der Waals surface area contributed by atoms with Gasteiger partial charge in [-0.05, 0) is 25.7 Å². The predicted molar refractivity (Wildman–Crippen MR) is 62.0 cm³/mol. The molecule has 0 aromatic carbocycles. The van der Waals surface area contributed by atoms with E-state index >= 15 is 0 Å². The zero-order chi connectivity index (χ0) is 11.0. The maximum absolute atomic E-state index is 5.74. The van der Waals surface area contributed by atoms with Gasteiger partial charge in [0.2, 0.25) is 0 Å². The van der Waals surface area contributed by atoms with Crippen molar-refractivity contribution in [1.29, 1.82) is 0 Å². The first-order valence-electron chi connectivity index (χ1n) is 6.54. The molecular formula is C12H20N4. The Bertz CT molecular complexity index is 361. The number of rotatable bonds is 3. The number of nitrogens with zero attached hydrogens (tertiary/aromatic N) is 3. The zero-order valence-electron chi connectivity index (χ0n) is 9.73. The van der Waals surface area contributed by atoms with Crippen LogP contribution in [0.3, 0.4) is 0 Å². The standard InChI is InChI=1S/C12H20N4/c13-8-11-12(9-6-7-9)16(15-14-11)10-4-2-1-3-5-10/h9-10H,1-8,13H2. The molecule has 1 aromatic rings. The zero-order valence-corrected chi connectivity index (χ0v) is 9.73. The highest BCUT2D eigenvalue weighted by molar-refractivity contribution is 5.21. The lowest BCUT2D eigenvalue weighted by atomic mass is 9.95. The Labute approximate surface area is 96.2 Å². The highest BCUT2D eigenvalue weighted by Crippen LogP contribution is 2.43. The van der Waals surface area contributed by atoms with Crippen molar-refractivity contribution >= 4 is 0 Å². The van der Waals surface area contributed by atoms with Gasteiger partial charge < -0.3 is 5.73 Å². The van der Waals surface area contributed by atoms with Gasteiger partial charge in [0.25, 0.3) is 0 Å². The lowest BCUT2D eigenvalue weighted by molar-refractivity contribution is 0.317. The molecule has 2 N–H and O–H groups in total. The van der Waals surface area contributed by atoms with E-state index in [9.17, 15) is 0 Å². The molecule has 1 aromatic heterocycles. The summed E-state index contributed by atoms with van der Waals surface area (Å²) in [5.74, 6) is 0.704. The van der Waals surface area contributed by atoms with Crippen LogP contribution in [0.2, 0.25) is 0 Å². The predicted octanol–water partition coefficient (Wildman–Crippen LogP) is 2.12. The second-order valence-electron chi connectivity index (χ2n) is 5.14. The molecule has 0 radical (unpaired) electrons. The van der Waals surface area contributed by atoms with Crippen LogP contribution in [0.15, 0.2) is 0 Å². The molecule has 0 amide bonds. The minimum atomic E-state index is 0.540. The summed E-state index contributed by atoms with van der Waals surface area (Å²) in [6.07, 6.45) is 9.20. The van der Waals surface area contributed by atoms with Crippen LogP contribution in [0.4, 0.5) is 0 Å². The van der Waals surface area contributed by atoms with Gasteiger partial charge in [0.05, 0.1) is 17.4 Å². The first-order chi connectivity index (χ1) is 7.90. The molecule has 0 saturated heterocycles. The van der Waals surface area contributed by atoms with Crippen molar-refractivity contribution in [3.63, 3.8) is 0 Å². The summed E-state index contributed by atoms with van der Waals surface area (Å²) in [7, 11) is 0. The quantitative estimate of drug-likeness (QED) is 0.848. The van der Waals surface area contributed by atoms with Gasteiger partial charge >= 0.3 is 0 Å². The highest BCUT2D eigenvalue weighted by Gasteiger charge is 2.33. The van der Waals surface area contributed by atoms with Crippen LogP contribution < -0.4 is 5.73 Å². The number of aromatic nitrogens is 3. The van der Waals surface area contributed by atoms with Crippen LogP contribution in [0.25, 0.3) is 0 Å².